The highest BCUT2D eigenvalue weighted by molar-refractivity contribution is 6.06. The summed E-state index contributed by atoms with van der Waals surface area (Å²) in [6, 6.07) is 0. The van der Waals surface area contributed by atoms with E-state index in [1.807, 2.05) is 0 Å². The first-order valence-corrected chi connectivity index (χ1v) is 21.2. The lowest BCUT2D eigenvalue weighted by Crippen LogP contribution is -2.45. The lowest BCUT2D eigenvalue weighted by molar-refractivity contribution is -0.142. The molecule has 0 amide bonds. The molecule has 0 bridgehead atoms. The molecular formula is C43H70N2O5. The van der Waals surface area contributed by atoms with Gasteiger partial charge in [-0.15, -0.1) is 0 Å². The zero-order chi connectivity index (χ0) is 35.0. The number of nitrogens with two attached hydrogens (primary N) is 1. The van der Waals surface area contributed by atoms with E-state index in [0.717, 1.165) is 57.4 Å². The number of hydrogen-bond acceptors (Lipinski definition) is 7. The maximum atomic E-state index is 14.4. The van der Waals surface area contributed by atoms with E-state index < -0.39 is 18.1 Å². The Balaban J connectivity index is 1.31. The van der Waals surface area contributed by atoms with E-state index in [2.05, 4.69) is 17.2 Å². The fraction of sp³-hybridized carbons (Fsp3) is 0.907. The van der Waals surface area contributed by atoms with Crippen molar-refractivity contribution >= 4 is 11.6 Å². The zero-order valence-electron chi connectivity index (χ0n) is 31.2. The molecule has 7 nitrogen and oxygen atoms in total. The molecule has 0 aromatic carbocycles. The van der Waals surface area contributed by atoms with Gasteiger partial charge in [-0.1, -0.05) is 82.5 Å². The van der Waals surface area contributed by atoms with Crippen LogP contribution in [0.5, 0.6) is 0 Å². The lowest BCUT2D eigenvalue weighted by Gasteiger charge is -2.44. The van der Waals surface area contributed by atoms with Crippen molar-refractivity contribution in [3.63, 3.8) is 0 Å². The quantitative estimate of drug-likeness (QED) is 0.160. The number of aliphatic hydroxyl groups is 2. The minimum Gasteiger partial charge on any atom is -0.390 e. The van der Waals surface area contributed by atoms with Crippen LogP contribution in [-0.2, 0) is 14.3 Å². The van der Waals surface area contributed by atoms with Crippen LogP contribution in [-0.4, -0.2) is 59.9 Å². The molecule has 6 unspecified atom stereocenters. The summed E-state index contributed by atoms with van der Waals surface area (Å²) < 4.78 is 5.72. The number of methoxy groups -OCH3 is 1. The van der Waals surface area contributed by atoms with E-state index >= 15 is 0 Å². The van der Waals surface area contributed by atoms with Gasteiger partial charge < -0.3 is 26.0 Å². The van der Waals surface area contributed by atoms with E-state index in [4.69, 9.17) is 10.5 Å². The third-order valence-corrected chi connectivity index (χ3v) is 14.6. The van der Waals surface area contributed by atoms with Gasteiger partial charge in [-0.05, 0) is 119 Å². The summed E-state index contributed by atoms with van der Waals surface area (Å²) in [4.78, 5) is 28.0. The molecule has 0 aromatic heterocycles. The molecular weight excluding hydrogens is 624 g/mol. The molecule has 5 aliphatic carbocycles. The molecule has 50 heavy (non-hydrogen) atoms. The second-order valence-electron chi connectivity index (χ2n) is 18.0. The molecule has 4 saturated carbocycles. The van der Waals surface area contributed by atoms with Crippen LogP contribution in [0, 0.1) is 71.0 Å². The summed E-state index contributed by atoms with van der Waals surface area (Å²) in [6.07, 6.45) is 22.3. The summed E-state index contributed by atoms with van der Waals surface area (Å²) in [6.45, 7) is 0.962. The molecule has 0 radical (unpaired) electrons. The number of Topliss-reactive ketones (excluding diaryl/α,β-unsaturated/α-hetero) is 2. The molecule has 1 heterocycles. The summed E-state index contributed by atoms with van der Waals surface area (Å²) >= 11 is 0. The largest absolute Gasteiger partial charge is 0.390 e. The van der Waals surface area contributed by atoms with Gasteiger partial charge in [0.05, 0.1) is 18.4 Å². The highest BCUT2D eigenvalue weighted by Crippen LogP contribution is 2.47. The predicted octanol–water partition coefficient (Wildman–Crippen LogP) is 6.96. The molecule has 1 aliphatic heterocycles. The molecule has 5 fully saturated rings. The average Bonchev–Trinajstić information content (AvgIpc) is 3.29. The smallest absolute Gasteiger partial charge is 0.173 e. The number of aliphatic hydroxyl groups excluding tert-OH is 2. The van der Waals surface area contributed by atoms with Crippen LogP contribution in [0.2, 0.25) is 0 Å². The van der Waals surface area contributed by atoms with Gasteiger partial charge in [-0.3, -0.25) is 9.59 Å². The molecule has 0 spiro atoms. The topological polar surface area (TPSA) is 122 Å². The van der Waals surface area contributed by atoms with Crippen LogP contribution in [0.4, 0.5) is 0 Å². The normalized spacial score (nSPS) is 41.4. The van der Waals surface area contributed by atoms with Gasteiger partial charge in [0.2, 0.25) is 0 Å². The van der Waals surface area contributed by atoms with Crippen molar-refractivity contribution in [2.75, 3.05) is 13.7 Å². The Bertz CT molecular complexity index is 1150. The van der Waals surface area contributed by atoms with Crippen LogP contribution in [0.15, 0.2) is 0 Å². The third kappa shape index (κ3) is 10.0. The molecule has 6 aliphatic rings. The van der Waals surface area contributed by atoms with E-state index in [1.165, 1.54) is 77.0 Å². The summed E-state index contributed by atoms with van der Waals surface area (Å²) in [5.41, 5.74) is 6.38. The lowest BCUT2D eigenvalue weighted by atomic mass is 9.63. The number of piperidine rings is 1. The Kier molecular flexibility index (Phi) is 14.3. The number of fused-ring (bicyclic) bond motifs is 2. The van der Waals surface area contributed by atoms with Crippen molar-refractivity contribution in [3.8, 4) is 11.8 Å². The van der Waals surface area contributed by atoms with Gasteiger partial charge in [0.15, 0.2) is 17.7 Å². The van der Waals surface area contributed by atoms with E-state index in [9.17, 15) is 19.8 Å². The number of rotatable bonds is 8. The second-order valence-corrected chi connectivity index (χ2v) is 18.0. The number of carbonyl (C=O) groups is 2. The number of ether oxygens (including phenoxy) is 1. The Morgan fingerprint density at radius 1 is 0.760 bits per heavy atom. The van der Waals surface area contributed by atoms with Crippen molar-refractivity contribution < 1.29 is 24.5 Å². The Morgan fingerprint density at radius 3 is 2.24 bits per heavy atom. The minimum absolute atomic E-state index is 0.0511. The van der Waals surface area contributed by atoms with Gasteiger partial charge in [-0.25, -0.2) is 0 Å². The van der Waals surface area contributed by atoms with E-state index in [1.54, 1.807) is 7.11 Å². The first-order valence-electron chi connectivity index (χ1n) is 21.2. The Labute approximate surface area is 303 Å². The van der Waals surface area contributed by atoms with Crippen LogP contribution >= 0.6 is 0 Å². The fourth-order valence-electron chi connectivity index (χ4n) is 11.9. The van der Waals surface area contributed by atoms with Crippen LogP contribution in [0.25, 0.3) is 0 Å². The maximum Gasteiger partial charge on any atom is 0.173 e. The van der Waals surface area contributed by atoms with Crippen LogP contribution in [0.3, 0.4) is 0 Å². The van der Waals surface area contributed by atoms with E-state index in [0.29, 0.717) is 42.9 Å². The highest BCUT2D eigenvalue weighted by atomic mass is 16.5. The Hall–Kier alpha value is -1.30. The average molecular weight is 695 g/mol. The predicted molar refractivity (Wildman–Crippen MR) is 198 cm³/mol. The molecule has 1 saturated heterocycles. The fourth-order valence-corrected chi connectivity index (χ4v) is 11.9. The molecule has 12 atom stereocenters. The summed E-state index contributed by atoms with van der Waals surface area (Å²) in [5.74, 6) is 9.88. The molecule has 282 valence electrons. The zero-order valence-corrected chi connectivity index (χ0v) is 31.2. The first kappa shape index (κ1) is 38.4. The summed E-state index contributed by atoms with van der Waals surface area (Å²) in [7, 11) is 1.67. The van der Waals surface area contributed by atoms with Crippen molar-refractivity contribution in [1.82, 2.24) is 5.32 Å². The SMILES string of the molecule is COC1CC2CCC(=O)[C@H](O)C(=O)[C@H]3C[C@H](CCCC4CCCCC4)C[C@@H](CC4CCNC(N)C4)C[C@@H]3C#C[C@H](C3CCCCC3)C2CC1O. The summed E-state index contributed by atoms with van der Waals surface area (Å²) in [5, 5.41) is 26.1. The number of hydrogen-bond donors (Lipinski definition) is 4. The van der Waals surface area contributed by atoms with Crippen molar-refractivity contribution in [1.29, 1.82) is 0 Å². The Morgan fingerprint density at radius 2 is 1.50 bits per heavy atom. The van der Waals surface area contributed by atoms with Gasteiger partial charge in [0.25, 0.3) is 0 Å². The number of carbonyl (C=O) groups excluding carboxylic acids is 2. The standard InChI is InChI=1S/C43H70N2O5/c1-50-40-26-34-16-18-38(46)43(49)42(48)37-24-29(12-8-11-28-9-4-2-5-10-28)21-31(22-30-19-20-45-41(44)25-30)23-33(37)15-17-35(36(34)27-39(40)47)32-13-6-3-7-14-32/h28-37,39-41,43,45,47,49H,2-14,16,18-27,44H2,1H3/t29-,30?,31+,33+,34?,35-,36?,37+,39?,40?,41?,43+/m1/s1. The first-order chi connectivity index (χ1) is 24.3. The maximum absolute atomic E-state index is 14.4. The second kappa shape index (κ2) is 18.6. The van der Waals surface area contributed by atoms with Gasteiger partial charge in [0.1, 0.15) is 0 Å². The van der Waals surface area contributed by atoms with E-state index in [-0.39, 0.29) is 53.9 Å². The van der Waals surface area contributed by atoms with Crippen LogP contribution in [0.1, 0.15) is 148 Å². The minimum atomic E-state index is -1.56. The number of nitrogens with one attached hydrogen (secondary N) is 1. The van der Waals surface area contributed by atoms with Gasteiger partial charge >= 0.3 is 0 Å². The molecule has 5 N–H and O–H groups in total. The third-order valence-electron chi connectivity index (χ3n) is 14.6. The number of ketones is 2. The van der Waals surface area contributed by atoms with Crippen LogP contribution < -0.4 is 11.1 Å². The molecule has 0 aromatic rings. The highest BCUT2D eigenvalue weighted by Gasteiger charge is 2.45. The van der Waals surface area contributed by atoms with Gasteiger partial charge in [0, 0.05) is 31.3 Å². The monoisotopic (exact) mass is 695 g/mol. The van der Waals surface area contributed by atoms with Crippen molar-refractivity contribution in [2.24, 2.45) is 64.9 Å². The molecule has 6 rings (SSSR count). The van der Waals surface area contributed by atoms with Crippen molar-refractivity contribution in [3.05, 3.63) is 0 Å². The van der Waals surface area contributed by atoms with Gasteiger partial charge in [-0.2, -0.15) is 0 Å². The molecule has 7 heteroatoms. The van der Waals surface area contributed by atoms with Crippen molar-refractivity contribution in [2.45, 2.75) is 172 Å².